The van der Waals surface area contributed by atoms with Crippen LogP contribution in [0.3, 0.4) is 0 Å². The number of rotatable bonds is 4. The number of aryl methyl sites for hydroxylation is 1. The Kier molecular flexibility index (Phi) is 4.12. The van der Waals surface area contributed by atoms with Crippen molar-refractivity contribution in [3.05, 3.63) is 46.7 Å². The highest BCUT2D eigenvalue weighted by Gasteiger charge is 2.05. The molecule has 100 valence electrons. The number of phenols is 1. The number of halogens is 1. The average Bonchev–Trinajstić information content (AvgIpc) is 2.39. The van der Waals surface area contributed by atoms with E-state index in [1.807, 2.05) is 25.1 Å². The van der Waals surface area contributed by atoms with E-state index in [0.717, 1.165) is 16.9 Å². The summed E-state index contributed by atoms with van der Waals surface area (Å²) in [6.45, 7) is 2.38. The zero-order valence-electron chi connectivity index (χ0n) is 10.8. The number of anilines is 1. The number of hydrogen-bond donors (Lipinski definition) is 2. The average molecular weight is 279 g/mol. The van der Waals surface area contributed by atoms with E-state index in [1.54, 1.807) is 19.2 Å². The third-order valence-electron chi connectivity index (χ3n) is 2.81. The summed E-state index contributed by atoms with van der Waals surface area (Å²) in [5.41, 5.74) is 2.50. The first-order valence-corrected chi connectivity index (χ1v) is 6.21. The first-order valence-electron chi connectivity index (χ1n) is 5.83. The highest BCUT2D eigenvalue weighted by atomic mass is 35.5. The fourth-order valence-corrected chi connectivity index (χ4v) is 1.92. The third-order valence-corrected chi connectivity index (χ3v) is 3.02. The van der Waals surface area contributed by atoms with Gasteiger partial charge in [-0.3, -0.25) is 0 Å². The lowest BCUT2D eigenvalue weighted by atomic mass is 10.2. The summed E-state index contributed by atoms with van der Waals surface area (Å²) < 4.78 is 5.04. The monoisotopic (exact) mass is 278 g/mol. The molecule has 0 aliphatic carbocycles. The minimum Gasteiger partial charge on any atom is -0.507 e. The van der Waals surface area contributed by atoms with Crippen molar-refractivity contribution in [3.63, 3.8) is 0 Å². The Morgan fingerprint density at radius 1 is 1.32 bits per heavy atom. The van der Waals surface area contributed by atoms with Gasteiger partial charge in [0, 0.05) is 18.2 Å². The van der Waals surface area contributed by atoms with Crippen LogP contribution in [0.1, 0.15) is 11.3 Å². The Morgan fingerprint density at radius 2 is 2.11 bits per heavy atom. The van der Waals surface area contributed by atoms with Crippen LogP contribution < -0.4 is 10.1 Å². The van der Waals surface area contributed by atoms with Crippen molar-refractivity contribution in [1.82, 2.24) is 4.98 Å². The molecule has 0 radical (unpaired) electrons. The van der Waals surface area contributed by atoms with E-state index < -0.39 is 0 Å². The van der Waals surface area contributed by atoms with Gasteiger partial charge in [-0.2, -0.15) is 0 Å². The van der Waals surface area contributed by atoms with Gasteiger partial charge in [0.15, 0.2) is 0 Å². The Hall–Kier alpha value is -1.94. The molecule has 2 rings (SSSR count). The van der Waals surface area contributed by atoms with Crippen LogP contribution in [0, 0.1) is 6.92 Å². The summed E-state index contributed by atoms with van der Waals surface area (Å²) >= 11 is 5.80. The maximum atomic E-state index is 9.86. The Bertz CT molecular complexity index is 588. The summed E-state index contributed by atoms with van der Waals surface area (Å²) in [6.07, 6.45) is 0. The summed E-state index contributed by atoms with van der Waals surface area (Å²) in [5, 5.41) is 13.5. The van der Waals surface area contributed by atoms with E-state index in [1.165, 1.54) is 0 Å². The number of aromatic hydroxyl groups is 1. The highest BCUT2D eigenvalue weighted by molar-refractivity contribution is 6.29. The molecule has 0 amide bonds. The zero-order chi connectivity index (χ0) is 13.8. The number of hydrogen-bond acceptors (Lipinski definition) is 4. The van der Waals surface area contributed by atoms with Crippen molar-refractivity contribution in [2.24, 2.45) is 0 Å². The molecule has 0 atom stereocenters. The lowest BCUT2D eigenvalue weighted by molar-refractivity contribution is 0.406. The lowest BCUT2D eigenvalue weighted by Gasteiger charge is -2.11. The number of phenolic OH excluding ortho intramolecular Hbond substituents is 1. The van der Waals surface area contributed by atoms with Gasteiger partial charge >= 0.3 is 0 Å². The molecule has 1 aromatic carbocycles. The second kappa shape index (κ2) is 5.80. The molecular weight excluding hydrogens is 264 g/mol. The predicted octanol–water partition coefficient (Wildman–Crippen LogP) is 3.37. The maximum absolute atomic E-state index is 9.86. The van der Waals surface area contributed by atoms with Crippen LogP contribution in [0.4, 0.5) is 5.69 Å². The fourth-order valence-electron chi connectivity index (χ4n) is 1.73. The first-order chi connectivity index (χ1) is 9.10. The van der Waals surface area contributed by atoms with E-state index in [9.17, 15) is 5.11 Å². The quantitative estimate of drug-likeness (QED) is 0.842. The molecule has 0 saturated heterocycles. The van der Waals surface area contributed by atoms with Crippen molar-refractivity contribution in [3.8, 4) is 11.5 Å². The summed E-state index contributed by atoms with van der Waals surface area (Å²) in [4.78, 5) is 4.16. The fraction of sp³-hybridized carbons (Fsp3) is 0.214. The second-order valence-corrected chi connectivity index (χ2v) is 4.50. The largest absolute Gasteiger partial charge is 0.507 e. The van der Waals surface area contributed by atoms with Crippen LogP contribution in [0.25, 0.3) is 0 Å². The van der Waals surface area contributed by atoms with E-state index >= 15 is 0 Å². The summed E-state index contributed by atoms with van der Waals surface area (Å²) in [7, 11) is 1.56. The van der Waals surface area contributed by atoms with Gasteiger partial charge < -0.3 is 15.2 Å². The van der Waals surface area contributed by atoms with Crippen LogP contribution >= 0.6 is 11.6 Å². The molecule has 19 heavy (non-hydrogen) atoms. The number of aromatic nitrogens is 1. The van der Waals surface area contributed by atoms with Crippen molar-refractivity contribution >= 4 is 17.3 Å². The van der Waals surface area contributed by atoms with Gasteiger partial charge in [-0.25, -0.2) is 4.98 Å². The molecule has 2 aromatic rings. The van der Waals surface area contributed by atoms with Crippen molar-refractivity contribution in [2.75, 3.05) is 12.4 Å². The highest BCUT2D eigenvalue weighted by Crippen LogP contribution is 2.24. The zero-order valence-corrected chi connectivity index (χ0v) is 11.5. The predicted molar refractivity (Wildman–Crippen MR) is 76.0 cm³/mol. The van der Waals surface area contributed by atoms with Gasteiger partial charge in [0.1, 0.15) is 16.7 Å². The smallest absolute Gasteiger partial charge is 0.129 e. The molecule has 5 heteroatoms. The van der Waals surface area contributed by atoms with Crippen molar-refractivity contribution in [2.45, 2.75) is 13.5 Å². The third kappa shape index (κ3) is 3.29. The van der Waals surface area contributed by atoms with E-state index in [-0.39, 0.29) is 5.75 Å². The normalized spacial score (nSPS) is 10.3. The van der Waals surface area contributed by atoms with Crippen LogP contribution in [0.5, 0.6) is 11.5 Å². The molecule has 0 unspecified atom stereocenters. The van der Waals surface area contributed by atoms with E-state index in [2.05, 4.69) is 10.3 Å². The van der Waals surface area contributed by atoms with Crippen molar-refractivity contribution in [1.29, 1.82) is 0 Å². The number of pyridine rings is 1. The maximum Gasteiger partial charge on any atom is 0.129 e. The molecule has 1 heterocycles. The van der Waals surface area contributed by atoms with Crippen molar-refractivity contribution < 1.29 is 9.84 Å². The molecule has 0 fully saturated rings. The second-order valence-electron chi connectivity index (χ2n) is 4.12. The topological polar surface area (TPSA) is 54.4 Å². The van der Waals surface area contributed by atoms with Gasteiger partial charge in [-0.15, -0.1) is 0 Å². The molecule has 0 saturated carbocycles. The lowest BCUT2D eigenvalue weighted by Crippen LogP contribution is -2.02. The standard InChI is InChI=1S/C14H15ClN2O2/c1-9-12(5-6-14(15)17-9)16-8-10-3-4-11(19-2)7-13(10)18/h3-7,16,18H,8H2,1-2H3. The Labute approximate surface area is 117 Å². The van der Waals surface area contributed by atoms with Crippen LogP contribution in [-0.2, 0) is 6.54 Å². The molecule has 1 aromatic heterocycles. The number of nitrogens with zero attached hydrogens (tertiary/aromatic N) is 1. The molecule has 2 N–H and O–H groups in total. The molecule has 0 bridgehead atoms. The van der Waals surface area contributed by atoms with E-state index in [0.29, 0.717) is 17.4 Å². The van der Waals surface area contributed by atoms with Gasteiger partial charge in [0.25, 0.3) is 0 Å². The molecule has 0 aliphatic heterocycles. The summed E-state index contributed by atoms with van der Waals surface area (Å²) in [5.74, 6) is 0.831. The Balaban J connectivity index is 2.10. The van der Waals surface area contributed by atoms with Crippen LogP contribution in [0.15, 0.2) is 30.3 Å². The number of methoxy groups -OCH3 is 1. The van der Waals surface area contributed by atoms with Gasteiger partial charge in [0.05, 0.1) is 18.5 Å². The number of benzene rings is 1. The Morgan fingerprint density at radius 3 is 2.74 bits per heavy atom. The molecule has 0 aliphatic rings. The summed E-state index contributed by atoms with van der Waals surface area (Å²) in [6, 6.07) is 8.81. The molecule has 4 nitrogen and oxygen atoms in total. The SMILES string of the molecule is COc1ccc(CNc2ccc(Cl)nc2C)c(O)c1. The minimum atomic E-state index is 0.200. The van der Waals surface area contributed by atoms with Gasteiger partial charge in [0.2, 0.25) is 0 Å². The molecular formula is C14H15ClN2O2. The van der Waals surface area contributed by atoms with Crippen LogP contribution in [0.2, 0.25) is 5.15 Å². The first kappa shape index (κ1) is 13.5. The van der Waals surface area contributed by atoms with E-state index in [4.69, 9.17) is 16.3 Å². The van der Waals surface area contributed by atoms with Gasteiger partial charge in [-0.1, -0.05) is 11.6 Å². The molecule has 0 spiro atoms. The number of nitrogens with one attached hydrogen (secondary N) is 1. The van der Waals surface area contributed by atoms with Crippen LogP contribution in [-0.4, -0.2) is 17.2 Å². The number of ether oxygens (including phenoxy) is 1. The van der Waals surface area contributed by atoms with Gasteiger partial charge in [-0.05, 0) is 31.2 Å². The minimum absolute atomic E-state index is 0.200.